The normalized spacial score (nSPS) is 12.4. The zero-order chi connectivity index (χ0) is 20.8. The van der Waals surface area contributed by atoms with Crippen molar-refractivity contribution in [1.82, 2.24) is 0 Å². The molecule has 162 valence electrons. The third-order valence-corrected chi connectivity index (χ3v) is 5.66. The summed E-state index contributed by atoms with van der Waals surface area (Å²) in [6.45, 7) is 4.60. The van der Waals surface area contributed by atoms with E-state index in [0.717, 1.165) is 36.8 Å². The Kier molecular flexibility index (Phi) is 16.3. The number of aromatic hydroxyl groups is 1. The third-order valence-electron chi connectivity index (χ3n) is 5.26. The summed E-state index contributed by atoms with van der Waals surface area (Å²) in [7, 11) is -4.82. The van der Waals surface area contributed by atoms with Crippen LogP contribution in [0.4, 0.5) is 0 Å². The van der Waals surface area contributed by atoms with Crippen molar-refractivity contribution in [3.63, 3.8) is 0 Å². The van der Waals surface area contributed by atoms with Crippen molar-refractivity contribution in [1.29, 1.82) is 0 Å². The molecule has 1 N–H and O–H groups in total. The monoisotopic (exact) mass is 436 g/mol. The van der Waals surface area contributed by atoms with Crippen molar-refractivity contribution >= 4 is 10.4 Å². The average Bonchev–Trinajstić information content (AvgIpc) is 2.60. The number of hydrogen-bond donors (Lipinski definition) is 1. The van der Waals surface area contributed by atoms with Crippen molar-refractivity contribution < 1.29 is 51.8 Å². The van der Waals surface area contributed by atoms with Crippen LogP contribution in [-0.4, -0.2) is 18.1 Å². The first-order valence-electron chi connectivity index (χ1n) is 10.8. The standard InChI is InChI=1S/C22H38O5S.Na/c1-3-19(2)14-12-10-8-6-4-5-7-9-11-13-15-20-16-21(23)18-22(17-20)27-28(24,25)26;/h16-19,23H,3-15H2,1-2H3,(H,24,25,26);/q;+1/p-1. The van der Waals surface area contributed by atoms with Crippen molar-refractivity contribution in [3.05, 3.63) is 23.8 Å². The summed E-state index contributed by atoms with van der Waals surface area (Å²) >= 11 is 0. The summed E-state index contributed by atoms with van der Waals surface area (Å²) in [6, 6.07) is 4.20. The molecule has 0 saturated heterocycles. The summed E-state index contributed by atoms with van der Waals surface area (Å²) in [5.41, 5.74) is 0.774. The van der Waals surface area contributed by atoms with E-state index in [9.17, 15) is 18.1 Å². The average molecular weight is 437 g/mol. The van der Waals surface area contributed by atoms with Gasteiger partial charge in [0.2, 0.25) is 0 Å². The number of hydrogen-bond acceptors (Lipinski definition) is 5. The van der Waals surface area contributed by atoms with Crippen LogP contribution >= 0.6 is 0 Å². The fourth-order valence-electron chi connectivity index (χ4n) is 3.39. The zero-order valence-electron chi connectivity index (χ0n) is 18.5. The van der Waals surface area contributed by atoms with Gasteiger partial charge < -0.3 is 13.8 Å². The predicted molar refractivity (Wildman–Crippen MR) is 112 cm³/mol. The molecule has 0 aliphatic carbocycles. The van der Waals surface area contributed by atoms with Crippen LogP contribution in [0.2, 0.25) is 0 Å². The van der Waals surface area contributed by atoms with E-state index >= 15 is 0 Å². The van der Waals surface area contributed by atoms with Gasteiger partial charge in [-0.3, -0.25) is 0 Å². The Morgan fingerprint density at radius 2 is 1.45 bits per heavy atom. The summed E-state index contributed by atoms with van der Waals surface area (Å²) in [5.74, 6) is 0.646. The Balaban J connectivity index is 0.00000784. The van der Waals surface area contributed by atoms with Crippen LogP contribution in [0.25, 0.3) is 0 Å². The number of benzene rings is 1. The molecule has 0 aromatic heterocycles. The van der Waals surface area contributed by atoms with Crippen LogP contribution in [0.3, 0.4) is 0 Å². The molecule has 1 unspecified atom stereocenters. The van der Waals surface area contributed by atoms with Gasteiger partial charge in [0, 0.05) is 6.07 Å². The maximum atomic E-state index is 10.7. The van der Waals surface area contributed by atoms with Crippen molar-refractivity contribution in [2.45, 2.75) is 97.3 Å². The number of rotatable bonds is 16. The first-order valence-corrected chi connectivity index (χ1v) is 12.1. The van der Waals surface area contributed by atoms with Crippen LogP contribution in [-0.2, 0) is 16.8 Å². The minimum atomic E-state index is -4.82. The molecule has 0 spiro atoms. The van der Waals surface area contributed by atoms with E-state index in [1.54, 1.807) is 6.07 Å². The molecule has 1 atom stereocenters. The van der Waals surface area contributed by atoms with Gasteiger partial charge in [0.15, 0.2) is 0 Å². The van der Waals surface area contributed by atoms with E-state index in [4.69, 9.17) is 0 Å². The molecule has 1 aromatic rings. The Hall–Kier alpha value is -0.270. The van der Waals surface area contributed by atoms with Gasteiger partial charge in [-0.2, -0.15) is 0 Å². The Morgan fingerprint density at radius 3 is 1.97 bits per heavy atom. The third kappa shape index (κ3) is 16.1. The van der Waals surface area contributed by atoms with E-state index in [-0.39, 0.29) is 41.1 Å². The Morgan fingerprint density at radius 1 is 0.931 bits per heavy atom. The van der Waals surface area contributed by atoms with Gasteiger partial charge in [-0.1, -0.05) is 84.5 Å². The van der Waals surface area contributed by atoms with Crippen LogP contribution in [0.5, 0.6) is 11.5 Å². The summed E-state index contributed by atoms with van der Waals surface area (Å²) < 4.78 is 36.3. The van der Waals surface area contributed by atoms with Gasteiger partial charge >= 0.3 is 29.6 Å². The molecule has 1 rings (SSSR count). The molecule has 0 fully saturated rings. The second kappa shape index (κ2) is 16.4. The SMILES string of the molecule is CCC(C)CCCCCCCCCCCCc1cc(O)cc(OS(=O)(=O)[O-])c1.[Na+]. The topological polar surface area (TPSA) is 86.7 Å². The second-order valence-corrected chi connectivity index (χ2v) is 8.90. The molecule has 1 aromatic carbocycles. The van der Waals surface area contributed by atoms with Crippen LogP contribution in [0, 0.1) is 5.92 Å². The number of unbranched alkanes of at least 4 members (excludes halogenated alkanes) is 9. The zero-order valence-corrected chi connectivity index (χ0v) is 21.3. The first-order chi connectivity index (χ1) is 13.3. The van der Waals surface area contributed by atoms with E-state index in [2.05, 4.69) is 18.0 Å². The van der Waals surface area contributed by atoms with Gasteiger partial charge in [-0.05, 0) is 36.5 Å². The van der Waals surface area contributed by atoms with E-state index in [1.165, 1.54) is 70.3 Å². The van der Waals surface area contributed by atoms with E-state index in [1.807, 2.05) is 0 Å². The number of aryl methyl sites for hydroxylation is 1. The maximum absolute atomic E-state index is 10.7. The molecule has 0 saturated carbocycles. The first kappa shape index (κ1) is 28.7. The van der Waals surface area contributed by atoms with E-state index in [0.29, 0.717) is 0 Å². The minimum Gasteiger partial charge on any atom is -0.716 e. The molecular weight excluding hydrogens is 399 g/mol. The fourth-order valence-corrected chi connectivity index (χ4v) is 3.73. The summed E-state index contributed by atoms with van der Waals surface area (Å²) in [5, 5.41) is 9.63. The molecular formula is C22H37NaO5S. The summed E-state index contributed by atoms with van der Waals surface area (Å²) in [6.07, 6.45) is 15.9. The number of phenols is 1. The number of phenolic OH excluding ortho intramolecular Hbond substituents is 1. The molecule has 0 amide bonds. The molecule has 7 heteroatoms. The Labute approximate surface area is 199 Å². The fraction of sp³-hybridized carbons (Fsp3) is 0.727. The minimum absolute atomic E-state index is 0. The molecule has 0 radical (unpaired) electrons. The molecule has 0 aliphatic rings. The van der Waals surface area contributed by atoms with Gasteiger partial charge in [-0.25, -0.2) is 8.42 Å². The van der Waals surface area contributed by atoms with Crippen LogP contribution < -0.4 is 33.7 Å². The summed E-state index contributed by atoms with van der Waals surface area (Å²) in [4.78, 5) is 0. The smallest absolute Gasteiger partial charge is 0.716 e. The largest absolute Gasteiger partial charge is 1.00 e. The maximum Gasteiger partial charge on any atom is 1.00 e. The molecule has 29 heavy (non-hydrogen) atoms. The van der Waals surface area contributed by atoms with Gasteiger partial charge in [0.1, 0.15) is 11.5 Å². The van der Waals surface area contributed by atoms with Crippen LogP contribution in [0.15, 0.2) is 18.2 Å². The van der Waals surface area contributed by atoms with Gasteiger partial charge in [0.05, 0.1) is 0 Å². The predicted octanol–water partition coefficient (Wildman–Crippen LogP) is 3.11. The Bertz CT molecular complexity index is 649. The van der Waals surface area contributed by atoms with Crippen LogP contribution in [0.1, 0.15) is 96.5 Å². The molecule has 5 nitrogen and oxygen atoms in total. The molecule has 0 bridgehead atoms. The quantitative estimate of drug-likeness (QED) is 0.186. The van der Waals surface area contributed by atoms with Crippen molar-refractivity contribution in [2.24, 2.45) is 5.92 Å². The van der Waals surface area contributed by atoms with Gasteiger partial charge in [0.25, 0.3) is 10.4 Å². The van der Waals surface area contributed by atoms with Crippen molar-refractivity contribution in [3.8, 4) is 11.5 Å². The van der Waals surface area contributed by atoms with Crippen molar-refractivity contribution in [2.75, 3.05) is 0 Å². The van der Waals surface area contributed by atoms with E-state index < -0.39 is 10.4 Å². The molecule has 0 heterocycles. The second-order valence-electron chi connectivity index (χ2n) is 7.91. The van der Waals surface area contributed by atoms with Gasteiger partial charge in [-0.15, -0.1) is 0 Å². The molecule has 0 aliphatic heterocycles.